The molecule has 1 aromatic heterocycles. The highest BCUT2D eigenvalue weighted by atomic mass is 32.2. The zero-order chi connectivity index (χ0) is 64.3. The number of thioether (sulfide) groups is 1. The summed E-state index contributed by atoms with van der Waals surface area (Å²) < 4.78 is 0. The molecule has 0 bridgehead atoms. The van der Waals surface area contributed by atoms with Crippen molar-refractivity contribution >= 4 is 112 Å². The van der Waals surface area contributed by atoms with Crippen LogP contribution >= 0.6 is 24.4 Å². The van der Waals surface area contributed by atoms with Gasteiger partial charge in [-0.1, -0.05) is 78.9 Å². The van der Waals surface area contributed by atoms with Gasteiger partial charge in [0.15, 0.2) is 0 Å². The summed E-state index contributed by atoms with van der Waals surface area (Å²) in [6.07, 6.45) is -0.608. The van der Waals surface area contributed by atoms with Crippen LogP contribution in [0.3, 0.4) is 0 Å². The zero-order valence-electron chi connectivity index (χ0n) is 46.9. The van der Waals surface area contributed by atoms with Crippen LogP contribution in [-0.2, 0) is 81.6 Å². The smallest absolute Gasteiger partial charge is 0.327 e. The minimum Gasteiger partial charge on any atom is -0.481 e. The van der Waals surface area contributed by atoms with Gasteiger partial charge >= 0.3 is 11.9 Å². The van der Waals surface area contributed by atoms with E-state index < -0.39 is 170 Å². The lowest BCUT2D eigenvalue weighted by molar-refractivity contribution is -0.142. The SMILES string of the molecule is CSCC[C@H](NC(=O)[C@H](Cc1c[nH]c2ccccc12)NC(=O)[C@H](CC(=O)O)NC(=O)[C@H](CC(N)=O)NC(=O)[C@H](CC(N)=O)NC(=O)[C@H](CO)NC(=O)[C@H](Cc1ccccc1)NC(=O)[C@H](CO)NC(=O)[C@@H](N)Cc1ccccc1)C(=O)N[C@@H](CS)C(=O)O. The molecule has 0 radical (unpaired) electrons. The number of nitrogens with two attached hydrogens (primary N) is 3. The van der Waals surface area contributed by atoms with Crippen LogP contribution in [0.15, 0.2) is 91.1 Å². The maximum absolute atomic E-state index is 14.2. The number of carbonyl (C=O) groups is 13. The number of amides is 11. The van der Waals surface area contributed by atoms with Crippen LogP contribution in [0.25, 0.3) is 10.9 Å². The molecule has 3 aromatic carbocycles. The molecule has 30 nitrogen and oxygen atoms in total. The molecule has 11 amide bonds. The zero-order valence-corrected chi connectivity index (χ0v) is 48.6. The average molecular weight is 1250 g/mol. The fraction of sp³-hybridized carbons (Fsp3) is 0.400. The Balaban J connectivity index is 1.55. The second kappa shape index (κ2) is 35.4. The molecule has 20 N–H and O–H groups in total. The molecule has 4 rings (SSSR count). The molecule has 0 saturated carbocycles. The Labute approximate surface area is 507 Å². The highest BCUT2D eigenvalue weighted by Gasteiger charge is 2.37. The molecular formula is C55H71N13O17S2. The number of aliphatic carboxylic acids is 2. The van der Waals surface area contributed by atoms with E-state index in [2.05, 4.69) is 65.5 Å². The molecule has 470 valence electrons. The third kappa shape index (κ3) is 23.0. The van der Waals surface area contributed by atoms with E-state index in [4.69, 9.17) is 17.2 Å². The third-order valence-electron chi connectivity index (χ3n) is 13.0. The number of aromatic amines is 1. The molecular weight excluding hydrogens is 1180 g/mol. The number of benzene rings is 3. The van der Waals surface area contributed by atoms with Gasteiger partial charge < -0.3 is 90.5 Å². The van der Waals surface area contributed by atoms with E-state index in [9.17, 15) is 82.8 Å². The van der Waals surface area contributed by atoms with Crippen LogP contribution < -0.4 is 65.1 Å². The number of carboxylic acids is 2. The Morgan fingerprint density at radius 2 is 0.862 bits per heavy atom. The molecule has 0 fully saturated rings. The summed E-state index contributed by atoms with van der Waals surface area (Å²) in [4.78, 5) is 176. The van der Waals surface area contributed by atoms with Crippen LogP contribution in [-0.4, -0.2) is 194 Å². The predicted molar refractivity (Wildman–Crippen MR) is 316 cm³/mol. The van der Waals surface area contributed by atoms with Gasteiger partial charge in [0, 0.05) is 35.7 Å². The molecule has 0 aliphatic rings. The van der Waals surface area contributed by atoms with E-state index in [0.717, 1.165) is 0 Å². The monoisotopic (exact) mass is 1250 g/mol. The number of hydrogen-bond acceptors (Lipinski definition) is 18. The summed E-state index contributed by atoms with van der Waals surface area (Å²) in [5.41, 5.74) is 19.1. The molecule has 0 spiro atoms. The number of primary amides is 2. The number of rotatable bonds is 37. The van der Waals surface area contributed by atoms with Gasteiger partial charge in [-0.15, -0.1) is 0 Å². The number of hydrogen-bond donors (Lipinski definition) is 18. The van der Waals surface area contributed by atoms with Crippen molar-refractivity contribution in [1.29, 1.82) is 0 Å². The maximum atomic E-state index is 14.2. The minimum absolute atomic E-state index is 0.0281. The normalized spacial score (nSPS) is 14.4. The number of para-hydroxylation sites is 1. The van der Waals surface area contributed by atoms with E-state index >= 15 is 0 Å². The molecule has 0 aliphatic carbocycles. The topological polar surface area (TPSA) is 505 Å². The number of carbonyl (C=O) groups excluding carboxylic acids is 11. The highest BCUT2D eigenvalue weighted by Crippen LogP contribution is 2.20. The van der Waals surface area contributed by atoms with Crippen molar-refractivity contribution in [2.45, 2.75) is 105 Å². The van der Waals surface area contributed by atoms with Gasteiger partial charge in [0.25, 0.3) is 0 Å². The first-order valence-corrected chi connectivity index (χ1v) is 28.8. The van der Waals surface area contributed by atoms with E-state index in [1.54, 1.807) is 91.2 Å². The quantitative estimate of drug-likeness (QED) is 0.0188. The van der Waals surface area contributed by atoms with Gasteiger partial charge in [0.1, 0.15) is 54.4 Å². The average Bonchev–Trinajstić information content (AvgIpc) is 3.39. The molecule has 1 heterocycles. The number of aliphatic hydroxyl groups is 2. The molecule has 10 atom stereocenters. The standard InChI is InChI=1S/C55H71N13O17S2/c1-87-17-16-34(47(76)68-42(27-86)55(84)85)60-49(78)36(20-30-24-59-33-15-9-8-14-31(30)33)62-52(81)39(23-45(73)74)65-51(80)37(21-43(57)71)63-50(79)38(22-44(58)72)64-54(83)41(26-70)67-48(77)35(19-29-12-6-3-7-13-29)61-53(82)40(25-69)66-46(75)32(56)18-28-10-4-2-5-11-28/h2-15,24,32,34-42,59,69-70,86H,16-23,25-27,56H2,1H3,(H2,57,71)(H2,58,72)(H,60,78)(H,61,82)(H,62,81)(H,63,79)(H,64,83)(H,65,80)(H,66,75)(H,67,77)(H,68,76)(H,73,74)(H,84,85)/t32-,34-,35-,36-,37-,38-,39-,40-,41-,42-/m0/s1. The number of nitrogens with one attached hydrogen (secondary N) is 10. The van der Waals surface area contributed by atoms with E-state index in [1.165, 1.54) is 18.0 Å². The van der Waals surface area contributed by atoms with Crippen LogP contribution in [0.4, 0.5) is 0 Å². The lowest BCUT2D eigenvalue weighted by Gasteiger charge is -2.27. The Bertz CT molecular complexity index is 3090. The number of H-pyrrole nitrogens is 1. The summed E-state index contributed by atoms with van der Waals surface area (Å²) in [7, 11) is 0. The summed E-state index contributed by atoms with van der Waals surface area (Å²) in [6, 6.07) is 6.45. The van der Waals surface area contributed by atoms with Crippen molar-refractivity contribution in [2.75, 3.05) is 31.0 Å². The minimum atomic E-state index is -2.11. The number of aliphatic hydroxyl groups excluding tert-OH is 2. The maximum Gasteiger partial charge on any atom is 0.327 e. The fourth-order valence-corrected chi connectivity index (χ4v) is 9.21. The van der Waals surface area contributed by atoms with E-state index in [0.29, 0.717) is 27.6 Å². The predicted octanol–water partition coefficient (Wildman–Crippen LogP) is -5.14. The van der Waals surface area contributed by atoms with Gasteiger partial charge in [-0.3, -0.25) is 57.5 Å². The van der Waals surface area contributed by atoms with Gasteiger partial charge in [0.2, 0.25) is 65.0 Å². The van der Waals surface area contributed by atoms with Crippen molar-refractivity contribution in [1.82, 2.24) is 52.8 Å². The van der Waals surface area contributed by atoms with Crippen LogP contribution in [0, 0.1) is 0 Å². The van der Waals surface area contributed by atoms with Crippen LogP contribution in [0.1, 0.15) is 42.4 Å². The Morgan fingerprint density at radius 1 is 0.483 bits per heavy atom. The van der Waals surface area contributed by atoms with Gasteiger partial charge in [-0.25, -0.2) is 4.79 Å². The number of carboxylic acid groups (broad SMARTS) is 2. The Kier molecular flexibility index (Phi) is 28.6. The molecule has 87 heavy (non-hydrogen) atoms. The lowest BCUT2D eigenvalue weighted by Crippen LogP contribution is -2.62. The van der Waals surface area contributed by atoms with Crippen molar-refractivity contribution < 1.29 is 82.8 Å². The Hall–Kier alpha value is -9.11. The van der Waals surface area contributed by atoms with Crippen molar-refractivity contribution in [2.24, 2.45) is 17.2 Å². The van der Waals surface area contributed by atoms with Gasteiger partial charge in [-0.05, 0) is 47.6 Å². The molecule has 0 aliphatic heterocycles. The first kappa shape index (κ1) is 70.4. The van der Waals surface area contributed by atoms with Crippen molar-refractivity contribution in [3.05, 3.63) is 108 Å². The van der Waals surface area contributed by atoms with Crippen LogP contribution in [0.5, 0.6) is 0 Å². The first-order chi connectivity index (χ1) is 41.4. The second-order valence-corrected chi connectivity index (χ2v) is 21.1. The summed E-state index contributed by atoms with van der Waals surface area (Å²) in [6.45, 7) is -2.14. The van der Waals surface area contributed by atoms with E-state index in [1.807, 2.05) is 0 Å². The number of aromatic nitrogens is 1. The van der Waals surface area contributed by atoms with Gasteiger partial charge in [0.05, 0.1) is 38.5 Å². The van der Waals surface area contributed by atoms with Gasteiger partial charge in [-0.2, -0.15) is 24.4 Å². The largest absolute Gasteiger partial charge is 0.481 e. The molecule has 0 unspecified atom stereocenters. The number of thiol groups is 1. The summed E-state index contributed by atoms with van der Waals surface area (Å²) >= 11 is 5.26. The second-order valence-electron chi connectivity index (χ2n) is 19.7. The molecule has 32 heteroatoms. The Morgan fingerprint density at radius 3 is 1.32 bits per heavy atom. The van der Waals surface area contributed by atoms with Crippen LogP contribution in [0.2, 0.25) is 0 Å². The lowest BCUT2D eigenvalue weighted by atomic mass is 10.0. The van der Waals surface area contributed by atoms with E-state index in [-0.39, 0.29) is 37.2 Å². The van der Waals surface area contributed by atoms with Crippen molar-refractivity contribution in [3.8, 4) is 0 Å². The van der Waals surface area contributed by atoms with Crippen molar-refractivity contribution in [3.63, 3.8) is 0 Å². The third-order valence-corrected chi connectivity index (χ3v) is 14.1. The molecule has 4 aromatic rings. The summed E-state index contributed by atoms with van der Waals surface area (Å²) in [5.74, 6) is -16.1. The first-order valence-electron chi connectivity index (χ1n) is 26.8. The fourth-order valence-electron chi connectivity index (χ4n) is 8.49. The number of fused-ring (bicyclic) bond motifs is 1. The highest BCUT2D eigenvalue weighted by molar-refractivity contribution is 7.98. The summed E-state index contributed by atoms with van der Waals surface area (Å²) in [5, 5.41) is 61.1. The molecule has 0 saturated heterocycles.